The van der Waals surface area contributed by atoms with Gasteiger partial charge < -0.3 is 15.3 Å². The number of carbonyl (C=O) groups excluding carboxylic acids is 2. The van der Waals surface area contributed by atoms with Crippen LogP contribution < -0.4 is 5.32 Å². The Morgan fingerprint density at radius 2 is 1.77 bits per heavy atom. The molecule has 0 saturated carbocycles. The van der Waals surface area contributed by atoms with E-state index in [-0.39, 0.29) is 23.9 Å². The van der Waals surface area contributed by atoms with Crippen molar-refractivity contribution in [3.63, 3.8) is 0 Å². The standard InChI is InChI=1S/C20H22N2O4/c1-14-8-9-17(12-18(14)20(25)26)21-19(24)13-22(15(2)23)11-10-16-6-4-3-5-7-16/h3-9,12H,10-11,13H2,1-2H3,(H,21,24)(H,25,26). The third-order valence-corrected chi connectivity index (χ3v) is 4.04. The van der Waals surface area contributed by atoms with E-state index in [4.69, 9.17) is 5.11 Å². The van der Waals surface area contributed by atoms with Crippen LogP contribution in [-0.2, 0) is 16.0 Å². The van der Waals surface area contributed by atoms with Gasteiger partial charge in [0.05, 0.1) is 12.1 Å². The van der Waals surface area contributed by atoms with E-state index in [0.717, 1.165) is 5.56 Å². The molecule has 0 spiro atoms. The average Bonchev–Trinajstić information content (AvgIpc) is 2.60. The number of nitrogens with zero attached hydrogens (tertiary/aromatic N) is 1. The predicted octanol–water partition coefficient (Wildman–Crippen LogP) is 2.72. The van der Waals surface area contributed by atoms with Gasteiger partial charge in [0.2, 0.25) is 11.8 Å². The van der Waals surface area contributed by atoms with Crippen LogP contribution in [0.5, 0.6) is 0 Å². The van der Waals surface area contributed by atoms with E-state index >= 15 is 0 Å². The van der Waals surface area contributed by atoms with Crippen molar-refractivity contribution >= 4 is 23.5 Å². The van der Waals surface area contributed by atoms with Crippen LogP contribution in [0.1, 0.15) is 28.4 Å². The minimum absolute atomic E-state index is 0.0849. The topological polar surface area (TPSA) is 86.7 Å². The summed E-state index contributed by atoms with van der Waals surface area (Å²) in [5, 5.41) is 11.8. The molecule has 2 aromatic carbocycles. The predicted molar refractivity (Wildman–Crippen MR) is 99.2 cm³/mol. The van der Waals surface area contributed by atoms with E-state index in [1.807, 2.05) is 30.3 Å². The Morgan fingerprint density at radius 3 is 2.38 bits per heavy atom. The molecule has 2 rings (SSSR count). The maximum absolute atomic E-state index is 12.3. The zero-order valence-corrected chi connectivity index (χ0v) is 14.9. The van der Waals surface area contributed by atoms with Crippen LogP contribution in [0.4, 0.5) is 5.69 Å². The second-order valence-corrected chi connectivity index (χ2v) is 6.06. The molecule has 0 saturated heterocycles. The van der Waals surface area contributed by atoms with Gasteiger partial charge in [0.25, 0.3) is 0 Å². The number of nitrogens with one attached hydrogen (secondary N) is 1. The summed E-state index contributed by atoms with van der Waals surface area (Å²) in [6.45, 7) is 3.46. The molecule has 0 aromatic heterocycles. The SMILES string of the molecule is CC(=O)N(CCc1ccccc1)CC(=O)Nc1ccc(C)c(C(=O)O)c1. The van der Waals surface area contributed by atoms with E-state index in [9.17, 15) is 14.4 Å². The summed E-state index contributed by atoms with van der Waals surface area (Å²) >= 11 is 0. The Kier molecular flexibility index (Phi) is 6.49. The second kappa shape index (κ2) is 8.80. The molecular formula is C20H22N2O4. The highest BCUT2D eigenvalue weighted by Crippen LogP contribution is 2.15. The molecule has 0 fully saturated rings. The van der Waals surface area contributed by atoms with Crippen molar-refractivity contribution in [2.24, 2.45) is 0 Å². The summed E-state index contributed by atoms with van der Waals surface area (Å²) in [6.07, 6.45) is 0.654. The van der Waals surface area contributed by atoms with Gasteiger partial charge in [-0.3, -0.25) is 9.59 Å². The zero-order valence-electron chi connectivity index (χ0n) is 14.9. The lowest BCUT2D eigenvalue weighted by atomic mass is 10.1. The van der Waals surface area contributed by atoms with E-state index in [2.05, 4.69) is 5.32 Å². The van der Waals surface area contributed by atoms with Crippen molar-refractivity contribution in [2.75, 3.05) is 18.4 Å². The van der Waals surface area contributed by atoms with Crippen molar-refractivity contribution in [1.29, 1.82) is 0 Å². The quantitative estimate of drug-likeness (QED) is 0.800. The number of carboxylic acids is 1. The highest BCUT2D eigenvalue weighted by molar-refractivity contribution is 5.96. The molecule has 6 nitrogen and oxygen atoms in total. The maximum Gasteiger partial charge on any atom is 0.336 e. The largest absolute Gasteiger partial charge is 0.478 e. The maximum atomic E-state index is 12.3. The number of benzene rings is 2. The molecule has 136 valence electrons. The molecule has 0 atom stereocenters. The van der Waals surface area contributed by atoms with Gasteiger partial charge in [-0.05, 0) is 36.6 Å². The Bertz CT molecular complexity index is 803. The molecule has 2 aromatic rings. The Morgan fingerprint density at radius 1 is 1.08 bits per heavy atom. The van der Waals surface area contributed by atoms with Gasteiger partial charge in [0.1, 0.15) is 0 Å². The lowest BCUT2D eigenvalue weighted by Crippen LogP contribution is -2.38. The van der Waals surface area contributed by atoms with E-state index < -0.39 is 5.97 Å². The molecule has 2 N–H and O–H groups in total. The van der Waals surface area contributed by atoms with Gasteiger partial charge in [-0.25, -0.2) is 4.79 Å². The van der Waals surface area contributed by atoms with Gasteiger partial charge in [-0.15, -0.1) is 0 Å². The fourth-order valence-electron chi connectivity index (χ4n) is 2.56. The minimum Gasteiger partial charge on any atom is -0.478 e. The first-order valence-corrected chi connectivity index (χ1v) is 8.30. The molecule has 0 radical (unpaired) electrons. The highest BCUT2D eigenvalue weighted by Gasteiger charge is 2.15. The second-order valence-electron chi connectivity index (χ2n) is 6.06. The van der Waals surface area contributed by atoms with Crippen LogP contribution in [0.3, 0.4) is 0 Å². The van der Waals surface area contributed by atoms with Crippen LogP contribution in [0.25, 0.3) is 0 Å². The van der Waals surface area contributed by atoms with Crippen LogP contribution in [0.15, 0.2) is 48.5 Å². The van der Waals surface area contributed by atoms with Crippen LogP contribution in [0.2, 0.25) is 0 Å². The smallest absolute Gasteiger partial charge is 0.336 e. The third kappa shape index (κ3) is 5.44. The first kappa shape index (κ1) is 19.2. The molecule has 0 unspecified atom stereocenters. The van der Waals surface area contributed by atoms with Crippen molar-refractivity contribution in [3.05, 3.63) is 65.2 Å². The normalized spacial score (nSPS) is 10.2. The molecule has 0 aliphatic rings. The van der Waals surface area contributed by atoms with Crippen LogP contribution >= 0.6 is 0 Å². The number of anilines is 1. The molecular weight excluding hydrogens is 332 g/mol. The monoisotopic (exact) mass is 354 g/mol. The molecule has 0 bridgehead atoms. The number of hydrogen-bond acceptors (Lipinski definition) is 3. The summed E-state index contributed by atoms with van der Waals surface area (Å²) in [4.78, 5) is 36.7. The highest BCUT2D eigenvalue weighted by atomic mass is 16.4. The van der Waals surface area contributed by atoms with Gasteiger partial charge in [-0.1, -0.05) is 36.4 Å². The fraction of sp³-hybridized carbons (Fsp3) is 0.250. The minimum atomic E-state index is -1.05. The van der Waals surface area contributed by atoms with E-state index in [0.29, 0.717) is 24.2 Å². The van der Waals surface area contributed by atoms with Crippen molar-refractivity contribution < 1.29 is 19.5 Å². The van der Waals surface area contributed by atoms with Crippen LogP contribution in [-0.4, -0.2) is 40.9 Å². The van der Waals surface area contributed by atoms with Crippen LogP contribution in [0, 0.1) is 6.92 Å². The van der Waals surface area contributed by atoms with E-state index in [1.54, 1.807) is 19.1 Å². The molecule has 2 amide bonds. The van der Waals surface area contributed by atoms with Crippen molar-refractivity contribution in [1.82, 2.24) is 4.90 Å². The van der Waals surface area contributed by atoms with Gasteiger partial charge in [0, 0.05) is 19.2 Å². The molecule has 0 heterocycles. The van der Waals surface area contributed by atoms with Crippen molar-refractivity contribution in [2.45, 2.75) is 20.3 Å². The average molecular weight is 354 g/mol. The summed E-state index contributed by atoms with van der Waals surface area (Å²) in [5.41, 5.74) is 2.23. The Labute approximate surface area is 152 Å². The first-order chi connectivity index (χ1) is 12.4. The molecule has 0 aliphatic heterocycles. The summed E-state index contributed by atoms with van der Waals surface area (Å²) < 4.78 is 0. The Balaban J connectivity index is 1.98. The fourth-order valence-corrected chi connectivity index (χ4v) is 2.56. The third-order valence-electron chi connectivity index (χ3n) is 4.04. The molecule has 0 aliphatic carbocycles. The van der Waals surface area contributed by atoms with Gasteiger partial charge >= 0.3 is 5.97 Å². The number of hydrogen-bond donors (Lipinski definition) is 2. The first-order valence-electron chi connectivity index (χ1n) is 8.30. The Hall–Kier alpha value is -3.15. The number of amides is 2. The van der Waals surface area contributed by atoms with E-state index in [1.165, 1.54) is 17.9 Å². The summed E-state index contributed by atoms with van der Waals surface area (Å²) in [7, 11) is 0. The number of carbonyl (C=O) groups is 3. The molecule has 26 heavy (non-hydrogen) atoms. The summed E-state index contributed by atoms with van der Waals surface area (Å²) in [5.74, 6) is -1.61. The zero-order chi connectivity index (χ0) is 19.1. The lowest BCUT2D eigenvalue weighted by molar-refractivity contribution is -0.132. The lowest BCUT2D eigenvalue weighted by Gasteiger charge is -2.20. The number of aromatic carboxylic acids is 1. The van der Waals surface area contributed by atoms with Gasteiger partial charge in [-0.2, -0.15) is 0 Å². The molecule has 6 heteroatoms. The number of aryl methyl sites for hydroxylation is 1. The number of rotatable bonds is 7. The van der Waals surface area contributed by atoms with Crippen molar-refractivity contribution in [3.8, 4) is 0 Å². The summed E-state index contributed by atoms with van der Waals surface area (Å²) in [6, 6.07) is 14.4. The van der Waals surface area contributed by atoms with Gasteiger partial charge in [0.15, 0.2) is 0 Å². The number of carboxylic acid groups (broad SMARTS) is 1.